The normalized spacial score (nSPS) is 29.5. The summed E-state index contributed by atoms with van der Waals surface area (Å²) >= 11 is 1.89. The fourth-order valence-electron chi connectivity index (χ4n) is 4.12. The third-order valence-electron chi connectivity index (χ3n) is 5.08. The van der Waals surface area contributed by atoms with Crippen molar-refractivity contribution in [1.82, 2.24) is 0 Å². The minimum absolute atomic E-state index is 0. The summed E-state index contributed by atoms with van der Waals surface area (Å²) < 4.78 is 0. The number of hydrogen-bond acceptors (Lipinski definition) is 2. The number of carboxylic acid groups (broad SMARTS) is 1. The van der Waals surface area contributed by atoms with Gasteiger partial charge in [-0.05, 0) is 54.0 Å². The van der Waals surface area contributed by atoms with Crippen molar-refractivity contribution >= 4 is 28.5 Å². The van der Waals surface area contributed by atoms with Gasteiger partial charge < -0.3 is 5.11 Å². The summed E-state index contributed by atoms with van der Waals surface area (Å²) in [6.07, 6.45) is 3.20. The maximum atomic E-state index is 11.4. The van der Waals surface area contributed by atoms with E-state index in [-0.39, 0.29) is 28.3 Å². The maximum Gasteiger partial charge on any atom is 0.306 e. The van der Waals surface area contributed by atoms with Crippen molar-refractivity contribution in [3.05, 3.63) is 42.5 Å². The Morgan fingerprint density at radius 2 is 1.82 bits per heavy atom. The molecule has 22 heavy (non-hydrogen) atoms. The Kier molecular flexibility index (Phi) is 4.69. The van der Waals surface area contributed by atoms with Gasteiger partial charge in [-0.1, -0.05) is 30.3 Å². The van der Waals surface area contributed by atoms with Crippen LogP contribution in [0.15, 0.2) is 47.4 Å². The third-order valence-corrected chi connectivity index (χ3v) is 6.45. The van der Waals surface area contributed by atoms with Gasteiger partial charge in [-0.15, -0.1) is 11.8 Å². The average molecular weight is 479 g/mol. The van der Waals surface area contributed by atoms with Gasteiger partial charge in [0.05, 0.1) is 5.92 Å². The molecule has 4 unspecified atom stereocenters. The van der Waals surface area contributed by atoms with Gasteiger partial charge in [-0.25, -0.2) is 0 Å². The van der Waals surface area contributed by atoms with Crippen LogP contribution in [0.5, 0.6) is 0 Å². The summed E-state index contributed by atoms with van der Waals surface area (Å²) in [5, 5.41) is 12.4. The van der Waals surface area contributed by atoms with Gasteiger partial charge in [-0.2, -0.15) is 0 Å². The molecule has 0 aliphatic heterocycles. The van der Waals surface area contributed by atoms with Crippen LogP contribution in [-0.2, 0) is 27.2 Å². The molecule has 4 heteroatoms. The molecular formula is C18H18O2STa. The minimum atomic E-state index is -0.591. The van der Waals surface area contributed by atoms with Crippen molar-refractivity contribution < 1.29 is 32.3 Å². The molecule has 2 aromatic carbocycles. The van der Waals surface area contributed by atoms with Crippen molar-refractivity contribution in [3.63, 3.8) is 0 Å². The van der Waals surface area contributed by atoms with Crippen LogP contribution in [0.1, 0.15) is 19.3 Å². The van der Waals surface area contributed by atoms with Gasteiger partial charge in [0.2, 0.25) is 0 Å². The van der Waals surface area contributed by atoms with E-state index in [0.29, 0.717) is 17.1 Å². The SMILES string of the molecule is O=C(O)C1CC2CC(Sc3ccc4ccccc4c3)C1C2.[Ta]. The van der Waals surface area contributed by atoms with Crippen LogP contribution in [0.4, 0.5) is 0 Å². The zero-order valence-electron chi connectivity index (χ0n) is 12.2. The Morgan fingerprint density at radius 1 is 1.05 bits per heavy atom. The second-order valence-electron chi connectivity index (χ2n) is 6.35. The molecule has 2 aromatic rings. The molecule has 2 aliphatic rings. The molecule has 0 aromatic heterocycles. The first-order valence-electron chi connectivity index (χ1n) is 7.59. The van der Waals surface area contributed by atoms with Gasteiger partial charge >= 0.3 is 5.97 Å². The summed E-state index contributed by atoms with van der Waals surface area (Å²) in [4.78, 5) is 12.6. The maximum absolute atomic E-state index is 11.4. The molecule has 2 nitrogen and oxygen atoms in total. The first-order chi connectivity index (χ1) is 10.2. The molecule has 2 aliphatic carbocycles. The van der Waals surface area contributed by atoms with E-state index in [2.05, 4.69) is 42.5 Å². The predicted octanol–water partition coefficient (Wildman–Crippen LogP) is 4.43. The van der Waals surface area contributed by atoms with Crippen LogP contribution in [0.2, 0.25) is 0 Å². The van der Waals surface area contributed by atoms with E-state index in [9.17, 15) is 9.90 Å². The van der Waals surface area contributed by atoms with Crippen molar-refractivity contribution in [3.8, 4) is 0 Å². The minimum Gasteiger partial charge on any atom is -0.481 e. The Bertz CT molecular complexity index is 702. The fourth-order valence-corrected chi connectivity index (χ4v) is 5.66. The molecule has 0 amide bonds. The smallest absolute Gasteiger partial charge is 0.306 e. The first-order valence-corrected chi connectivity index (χ1v) is 8.47. The quantitative estimate of drug-likeness (QED) is 0.708. The molecular weight excluding hydrogens is 461 g/mol. The molecule has 0 saturated heterocycles. The van der Waals surface area contributed by atoms with E-state index in [1.54, 1.807) is 0 Å². The molecule has 0 spiro atoms. The number of benzene rings is 2. The van der Waals surface area contributed by atoms with Crippen LogP contribution in [-0.4, -0.2) is 16.3 Å². The summed E-state index contributed by atoms with van der Waals surface area (Å²) in [5.41, 5.74) is 0. The number of rotatable bonds is 3. The second kappa shape index (κ2) is 6.40. The zero-order chi connectivity index (χ0) is 14.4. The number of aliphatic carboxylic acids is 1. The average Bonchev–Trinajstić information content (AvgIpc) is 3.07. The first kappa shape index (κ1) is 16.1. The number of thioether (sulfide) groups is 1. The van der Waals surface area contributed by atoms with Crippen LogP contribution < -0.4 is 0 Å². The molecule has 2 fully saturated rings. The molecule has 2 bridgehead atoms. The Balaban J connectivity index is 0.00000144. The van der Waals surface area contributed by atoms with Crippen molar-refractivity contribution in [2.24, 2.45) is 17.8 Å². The number of carbonyl (C=O) groups is 1. The van der Waals surface area contributed by atoms with E-state index >= 15 is 0 Å². The number of hydrogen-bond donors (Lipinski definition) is 1. The predicted molar refractivity (Wildman–Crippen MR) is 85.5 cm³/mol. The van der Waals surface area contributed by atoms with E-state index in [1.807, 2.05) is 11.8 Å². The Morgan fingerprint density at radius 3 is 2.55 bits per heavy atom. The monoisotopic (exact) mass is 479 g/mol. The van der Waals surface area contributed by atoms with E-state index in [0.717, 1.165) is 12.8 Å². The molecule has 0 heterocycles. The number of carboxylic acids is 1. The van der Waals surface area contributed by atoms with E-state index in [1.165, 1.54) is 22.1 Å². The van der Waals surface area contributed by atoms with Gasteiger partial charge in [0.1, 0.15) is 0 Å². The molecule has 113 valence electrons. The number of fused-ring (bicyclic) bond motifs is 3. The Labute approximate surface area is 150 Å². The molecule has 2 saturated carbocycles. The molecule has 1 radical (unpaired) electrons. The van der Waals surface area contributed by atoms with Crippen LogP contribution >= 0.6 is 11.8 Å². The van der Waals surface area contributed by atoms with Crippen molar-refractivity contribution in [2.75, 3.05) is 0 Å². The summed E-state index contributed by atoms with van der Waals surface area (Å²) in [5.74, 6) is 0.297. The largest absolute Gasteiger partial charge is 0.481 e. The van der Waals surface area contributed by atoms with Crippen LogP contribution in [0, 0.1) is 17.8 Å². The van der Waals surface area contributed by atoms with Crippen LogP contribution in [0.3, 0.4) is 0 Å². The molecule has 4 rings (SSSR count). The summed E-state index contributed by atoms with van der Waals surface area (Å²) in [7, 11) is 0. The van der Waals surface area contributed by atoms with Crippen molar-refractivity contribution in [1.29, 1.82) is 0 Å². The van der Waals surface area contributed by atoms with E-state index < -0.39 is 5.97 Å². The van der Waals surface area contributed by atoms with Gasteiger partial charge in [-0.3, -0.25) is 4.79 Å². The van der Waals surface area contributed by atoms with E-state index in [4.69, 9.17) is 0 Å². The van der Waals surface area contributed by atoms with Gasteiger partial charge in [0.25, 0.3) is 0 Å². The van der Waals surface area contributed by atoms with Gasteiger partial charge in [0.15, 0.2) is 0 Å². The topological polar surface area (TPSA) is 37.3 Å². The third kappa shape index (κ3) is 2.88. The summed E-state index contributed by atoms with van der Waals surface area (Å²) in [6.45, 7) is 0. The molecule has 1 N–H and O–H groups in total. The summed E-state index contributed by atoms with van der Waals surface area (Å²) in [6, 6.07) is 15.0. The van der Waals surface area contributed by atoms with Crippen molar-refractivity contribution in [2.45, 2.75) is 29.4 Å². The molecule has 4 atom stereocenters. The Hall–Kier alpha value is -0.740. The standard InChI is InChI=1S/C18H18O2S.Ta/c19-18(20)16-8-11-7-15(16)17(9-11)21-14-6-5-12-3-1-2-4-13(12)10-14;/h1-6,10-11,15-17H,7-9H2,(H,19,20);. The van der Waals surface area contributed by atoms with Gasteiger partial charge in [0, 0.05) is 32.5 Å². The fraction of sp³-hybridized carbons (Fsp3) is 0.389. The van der Waals surface area contributed by atoms with Crippen LogP contribution in [0.25, 0.3) is 10.8 Å². The second-order valence-corrected chi connectivity index (χ2v) is 7.66. The zero-order valence-corrected chi connectivity index (χ0v) is 16.2.